The molecule has 4 rings (SSSR count). The highest BCUT2D eigenvalue weighted by molar-refractivity contribution is 5.95. The molecule has 3 heterocycles. The third-order valence-corrected chi connectivity index (χ3v) is 4.68. The second kappa shape index (κ2) is 6.47. The molecule has 0 spiro atoms. The van der Waals surface area contributed by atoms with Crippen LogP contribution in [0.3, 0.4) is 0 Å². The molecular formula is C18H19FN6O. The third-order valence-electron chi connectivity index (χ3n) is 4.68. The summed E-state index contributed by atoms with van der Waals surface area (Å²) in [6.45, 7) is 2.39. The Morgan fingerprint density at radius 2 is 2.12 bits per heavy atom. The van der Waals surface area contributed by atoms with Crippen molar-refractivity contribution in [3.8, 4) is 0 Å². The van der Waals surface area contributed by atoms with Gasteiger partial charge in [-0.25, -0.2) is 14.8 Å². The van der Waals surface area contributed by atoms with E-state index in [0.717, 1.165) is 22.3 Å². The molecule has 1 fully saturated rings. The van der Waals surface area contributed by atoms with Crippen LogP contribution in [0.4, 0.5) is 10.1 Å². The van der Waals surface area contributed by atoms with Crippen LogP contribution in [0.15, 0.2) is 36.5 Å². The number of carbonyl (C=O) groups excluding carboxylic acids is 1. The number of nitrogens with one attached hydrogen (secondary N) is 3. The number of hydrogen-bond acceptors (Lipinski definition) is 5. The first kappa shape index (κ1) is 16.6. The Bertz CT molecular complexity index is 968. The second-order valence-corrected chi connectivity index (χ2v) is 6.45. The van der Waals surface area contributed by atoms with Crippen LogP contribution in [0, 0.1) is 18.7 Å². The largest absolute Gasteiger partial charge is 0.324 e. The summed E-state index contributed by atoms with van der Waals surface area (Å²) < 4.78 is 14.9. The van der Waals surface area contributed by atoms with Crippen molar-refractivity contribution >= 4 is 22.6 Å². The lowest BCUT2D eigenvalue weighted by atomic mass is 9.94. The number of pyridine rings is 1. The maximum Gasteiger partial charge on any atom is 0.230 e. The van der Waals surface area contributed by atoms with Crippen LogP contribution in [-0.2, 0) is 11.8 Å². The van der Waals surface area contributed by atoms with Crippen molar-refractivity contribution in [1.82, 2.24) is 25.6 Å². The maximum atomic E-state index is 13.1. The fourth-order valence-electron chi connectivity index (χ4n) is 3.34. The van der Waals surface area contributed by atoms with Crippen LogP contribution >= 0.6 is 0 Å². The number of fused-ring (bicyclic) bond motifs is 1. The number of benzene rings is 1. The molecule has 0 radical (unpaired) electrons. The Balaban J connectivity index is 1.55. The molecule has 1 aromatic carbocycles. The molecule has 1 amide bonds. The Kier molecular flexibility index (Phi) is 4.14. The number of anilines is 1. The number of hydrazine groups is 1. The minimum atomic E-state index is -0.328. The van der Waals surface area contributed by atoms with E-state index in [-0.39, 0.29) is 23.7 Å². The number of rotatable bonds is 3. The van der Waals surface area contributed by atoms with E-state index in [1.54, 1.807) is 23.0 Å². The third kappa shape index (κ3) is 2.93. The van der Waals surface area contributed by atoms with Gasteiger partial charge in [-0.3, -0.25) is 14.9 Å². The van der Waals surface area contributed by atoms with Crippen LogP contribution in [0.25, 0.3) is 11.0 Å². The Labute approximate surface area is 149 Å². The summed E-state index contributed by atoms with van der Waals surface area (Å²) in [6.07, 6.45) is 1.63. The van der Waals surface area contributed by atoms with E-state index in [4.69, 9.17) is 0 Å². The van der Waals surface area contributed by atoms with Crippen molar-refractivity contribution in [2.75, 3.05) is 11.9 Å². The Morgan fingerprint density at radius 1 is 1.35 bits per heavy atom. The van der Waals surface area contributed by atoms with Crippen molar-refractivity contribution in [2.24, 2.45) is 13.0 Å². The van der Waals surface area contributed by atoms with Crippen molar-refractivity contribution in [2.45, 2.75) is 13.0 Å². The van der Waals surface area contributed by atoms with Gasteiger partial charge >= 0.3 is 0 Å². The van der Waals surface area contributed by atoms with Gasteiger partial charge in [0.15, 0.2) is 5.65 Å². The molecule has 2 atom stereocenters. The predicted octanol–water partition coefficient (Wildman–Crippen LogP) is 1.82. The minimum absolute atomic E-state index is 0.125. The number of nitrogens with zero attached hydrogens (tertiary/aromatic N) is 3. The highest BCUT2D eigenvalue weighted by Gasteiger charge is 2.34. The second-order valence-electron chi connectivity index (χ2n) is 6.45. The maximum absolute atomic E-state index is 13.1. The highest BCUT2D eigenvalue weighted by atomic mass is 19.1. The summed E-state index contributed by atoms with van der Waals surface area (Å²) in [7, 11) is 1.84. The van der Waals surface area contributed by atoms with E-state index in [0.29, 0.717) is 12.2 Å². The molecule has 8 heteroatoms. The monoisotopic (exact) mass is 354 g/mol. The lowest BCUT2D eigenvalue weighted by Gasteiger charge is -2.18. The molecule has 3 aromatic rings. The molecule has 1 aliphatic rings. The first-order chi connectivity index (χ1) is 12.5. The van der Waals surface area contributed by atoms with Crippen LogP contribution in [-0.4, -0.2) is 27.2 Å². The van der Waals surface area contributed by atoms with Crippen molar-refractivity contribution in [3.05, 3.63) is 53.6 Å². The minimum Gasteiger partial charge on any atom is -0.324 e. The molecule has 7 nitrogen and oxygen atoms in total. The summed E-state index contributed by atoms with van der Waals surface area (Å²) in [4.78, 5) is 17.2. The van der Waals surface area contributed by atoms with E-state index in [1.165, 1.54) is 12.1 Å². The Morgan fingerprint density at radius 3 is 2.88 bits per heavy atom. The van der Waals surface area contributed by atoms with Crippen LogP contribution in [0.5, 0.6) is 0 Å². The van der Waals surface area contributed by atoms with E-state index < -0.39 is 0 Å². The Hall–Kier alpha value is -2.84. The van der Waals surface area contributed by atoms with Crippen LogP contribution in [0.1, 0.15) is 17.3 Å². The molecule has 1 saturated heterocycles. The number of halogens is 1. The normalized spacial score (nSPS) is 19.8. The number of aromatic nitrogens is 3. The average molecular weight is 354 g/mol. The lowest BCUT2D eigenvalue weighted by molar-refractivity contribution is -0.119. The van der Waals surface area contributed by atoms with Gasteiger partial charge in [0, 0.05) is 19.0 Å². The standard InChI is InChI=1S/C18H19FN6O/c1-10-14-7-13(8-20-17(14)25(2)24-10)22-18(26)15-9-21-23-16(15)11-3-5-12(19)6-4-11/h3-8,15-16,21,23H,9H2,1-2H3,(H,22,26). The first-order valence-corrected chi connectivity index (χ1v) is 8.37. The van der Waals surface area contributed by atoms with Gasteiger partial charge in [0.1, 0.15) is 5.82 Å². The highest BCUT2D eigenvalue weighted by Crippen LogP contribution is 2.27. The lowest BCUT2D eigenvalue weighted by Crippen LogP contribution is -2.29. The van der Waals surface area contributed by atoms with Gasteiger partial charge < -0.3 is 5.32 Å². The smallest absolute Gasteiger partial charge is 0.230 e. The van der Waals surface area contributed by atoms with Gasteiger partial charge in [0.05, 0.1) is 29.5 Å². The molecular weight excluding hydrogens is 335 g/mol. The molecule has 2 aromatic heterocycles. The number of aryl methyl sites for hydroxylation is 2. The first-order valence-electron chi connectivity index (χ1n) is 8.37. The summed E-state index contributed by atoms with van der Waals surface area (Å²) in [5, 5.41) is 8.17. The van der Waals surface area contributed by atoms with Crippen LogP contribution in [0.2, 0.25) is 0 Å². The number of carbonyl (C=O) groups is 1. The van der Waals surface area contributed by atoms with Gasteiger partial charge in [0.2, 0.25) is 5.91 Å². The predicted molar refractivity (Wildman–Crippen MR) is 95.6 cm³/mol. The van der Waals surface area contributed by atoms with Gasteiger partial charge in [-0.1, -0.05) is 12.1 Å². The van der Waals surface area contributed by atoms with Crippen molar-refractivity contribution in [3.63, 3.8) is 0 Å². The van der Waals surface area contributed by atoms with Gasteiger partial charge in [-0.2, -0.15) is 5.10 Å². The van der Waals surface area contributed by atoms with Crippen molar-refractivity contribution < 1.29 is 9.18 Å². The van der Waals surface area contributed by atoms with Crippen LogP contribution < -0.4 is 16.2 Å². The molecule has 2 unspecified atom stereocenters. The van der Waals surface area contributed by atoms with E-state index in [9.17, 15) is 9.18 Å². The van der Waals surface area contributed by atoms with E-state index in [1.807, 2.05) is 20.0 Å². The average Bonchev–Trinajstić information content (AvgIpc) is 3.21. The number of hydrogen-bond donors (Lipinski definition) is 3. The number of amides is 1. The zero-order valence-corrected chi connectivity index (χ0v) is 14.5. The summed E-state index contributed by atoms with van der Waals surface area (Å²) in [6, 6.07) is 7.82. The quantitative estimate of drug-likeness (QED) is 0.668. The molecule has 0 aliphatic carbocycles. The molecule has 0 saturated carbocycles. The van der Waals surface area contributed by atoms with Gasteiger partial charge in [-0.05, 0) is 30.7 Å². The zero-order valence-electron chi connectivity index (χ0n) is 14.5. The molecule has 1 aliphatic heterocycles. The molecule has 3 N–H and O–H groups in total. The summed E-state index contributed by atoms with van der Waals surface area (Å²) >= 11 is 0. The van der Waals surface area contributed by atoms with E-state index >= 15 is 0 Å². The molecule has 0 bridgehead atoms. The topological polar surface area (TPSA) is 83.9 Å². The summed E-state index contributed by atoms with van der Waals surface area (Å²) in [5.41, 5.74) is 9.22. The molecule has 26 heavy (non-hydrogen) atoms. The molecule has 134 valence electrons. The summed E-state index contributed by atoms with van der Waals surface area (Å²) in [5.74, 6) is -0.752. The van der Waals surface area contributed by atoms with Gasteiger partial charge in [0.25, 0.3) is 0 Å². The zero-order chi connectivity index (χ0) is 18.3. The van der Waals surface area contributed by atoms with Gasteiger partial charge in [-0.15, -0.1) is 0 Å². The van der Waals surface area contributed by atoms with E-state index in [2.05, 4.69) is 26.3 Å². The van der Waals surface area contributed by atoms with Crippen molar-refractivity contribution in [1.29, 1.82) is 0 Å². The fraction of sp³-hybridized carbons (Fsp3) is 0.278. The fourth-order valence-corrected chi connectivity index (χ4v) is 3.34. The SMILES string of the molecule is Cc1nn(C)c2ncc(NC(=O)C3CNNC3c3ccc(F)cc3)cc12.